The number of rotatable bonds is 5. The van der Waals surface area contributed by atoms with Crippen molar-refractivity contribution in [2.45, 2.75) is 63.9 Å². The van der Waals surface area contributed by atoms with Gasteiger partial charge in [0, 0.05) is 5.25 Å². The third kappa shape index (κ3) is 4.39. The Morgan fingerprint density at radius 3 is 1.94 bits per heavy atom. The molecule has 0 aliphatic heterocycles. The molecule has 92 valence electrons. The topological polar surface area (TPSA) is 0 Å². The Hall–Kier alpha value is -0.133. The highest BCUT2D eigenvalue weighted by Crippen LogP contribution is 2.35. The summed E-state index contributed by atoms with van der Waals surface area (Å²) in [6.07, 6.45) is 2.07. The number of allylic oxidation sites excluding steroid dienone is 1. The second kappa shape index (κ2) is 7.24. The van der Waals surface area contributed by atoms with E-state index in [0.717, 1.165) is 6.04 Å². The maximum absolute atomic E-state index is 3.91. The fourth-order valence-electron chi connectivity index (χ4n) is 1.96. The van der Waals surface area contributed by atoms with Crippen LogP contribution in [0.5, 0.6) is 0 Å². The molecule has 2 heteroatoms. The second-order valence-electron chi connectivity index (χ2n) is 5.24. The van der Waals surface area contributed by atoms with Crippen LogP contribution in [0.2, 0.25) is 17.1 Å². The van der Waals surface area contributed by atoms with Crippen LogP contribution in [-0.4, -0.2) is 13.3 Å². The molecule has 0 rings (SSSR count). The molecule has 0 aromatic carbocycles. The van der Waals surface area contributed by atoms with Gasteiger partial charge >= 0.3 is 0 Å². The zero-order chi connectivity index (χ0) is 12.8. The monoisotopic (exact) mass is 254 g/mol. The van der Waals surface area contributed by atoms with Crippen molar-refractivity contribution in [3.8, 4) is 10.8 Å². The summed E-state index contributed by atoms with van der Waals surface area (Å²) < 4.78 is 0. The highest BCUT2D eigenvalue weighted by molar-refractivity contribution is 8.04. The van der Waals surface area contributed by atoms with Gasteiger partial charge in [-0.1, -0.05) is 59.4 Å². The predicted octanol–water partition coefficient (Wildman–Crippen LogP) is 5.08. The molecule has 0 atom stereocenters. The first-order chi connectivity index (χ1) is 7.36. The molecular formula is C14H26SSi. The maximum atomic E-state index is 3.91. The Bertz CT molecular complexity index is 260. The molecule has 0 unspecified atom stereocenters. The van der Waals surface area contributed by atoms with Gasteiger partial charge in [0.15, 0.2) is 0 Å². The minimum Gasteiger partial charge on any atom is -0.119 e. The molecule has 0 saturated heterocycles. The number of hydrogen-bond donors (Lipinski definition) is 0. The van der Waals surface area contributed by atoms with Gasteiger partial charge < -0.3 is 0 Å². The minimum absolute atomic E-state index is 0.599. The lowest BCUT2D eigenvalue weighted by molar-refractivity contribution is 0.909. The molecule has 0 bridgehead atoms. The molecule has 0 amide bonds. The maximum Gasteiger partial charge on any atom is 0.148 e. The first-order valence-electron chi connectivity index (χ1n) is 6.15. The van der Waals surface area contributed by atoms with Crippen LogP contribution in [0, 0.1) is 10.8 Å². The lowest BCUT2D eigenvalue weighted by atomic mass is 10.5. The standard InChI is InChI=1S/C14H26SSi/c1-8-10-16(13(4)5,14(6)7)11-9-15-12(2)3/h8,12-14H,1,10H2,2-7H3. The summed E-state index contributed by atoms with van der Waals surface area (Å²) >= 11 is 1.76. The van der Waals surface area contributed by atoms with Crippen LogP contribution in [0.3, 0.4) is 0 Å². The Morgan fingerprint density at radius 2 is 1.62 bits per heavy atom. The quantitative estimate of drug-likeness (QED) is 0.374. The highest BCUT2D eigenvalue weighted by atomic mass is 32.2. The van der Waals surface area contributed by atoms with Crippen molar-refractivity contribution >= 4 is 19.8 Å². The minimum atomic E-state index is -1.52. The summed E-state index contributed by atoms with van der Waals surface area (Å²) in [7, 11) is -1.52. The SMILES string of the molecule is C=CC[Si](C#CSC(C)C)(C(C)C)C(C)C. The normalized spacial score (nSPS) is 11.8. The van der Waals surface area contributed by atoms with Gasteiger partial charge in [0.1, 0.15) is 8.07 Å². The van der Waals surface area contributed by atoms with Gasteiger partial charge in [-0.2, -0.15) is 0 Å². The molecule has 0 spiro atoms. The fraction of sp³-hybridized carbons (Fsp3) is 0.714. The van der Waals surface area contributed by atoms with E-state index in [9.17, 15) is 0 Å². The van der Waals surface area contributed by atoms with E-state index in [1.54, 1.807) is 11.8 Å². The molecule has 0 aromatic rings. The summed E-state index contributed by atoms with van der Waals surface area (Å²) in [6.45, 7) is 17.6. The molecular weight excluding hydrogens is 228 g/mol. The lowest BCUT2D eigenvalue weighted by Crippen LogP contribution is -2.39. The smallest absolute Gasteiger partial charge is 0.119 e. The third-order valence-electron chi connectivity index (χ3n) is 3.12. The van der Waals surface area contributed by atoms with Crippen molar-refractivity contribution in [3.05, 3.63) is 12.7 Å². The van der Waals surface area contributed by atoms with Crippen LogP contribution in [0.4, 0.5) is 0 Å². The van der Waals surface area contributed by atoms with E-state index in [4.69, 9.17) is 0 Å². The molecule has 0 N–H and O–H groups in total. The average Bonchev–Trinajstić information content (AvgIpc) is 2.14. The first-order valence-corrected chi connectivity index (χ1v) is 9.39. The third-order valence-corrected chi connectivity index (χ3v) is 9.67. The Kier molecular flexibility index (Phi) is 7.18. The van der Waals surface area contributed by atoms with Gasteiger partial charge in [0.25, 0.3) is 0 Å². The Labute approximate surface area is 107 Å². The second-order valence-corrected chi connectivity index (χ2v) is 11.7. The van der Waals surface area contributed by atoms with Gasteiger partial charge in [0.05, 0.1) is 0 Å². The number of hydrogen-bond acceptors (Lipinski definition) is 1. The van der Waals surface area contributed by atoms with Crippen LogP contribution in [0.15, 0.2) is 12.7 Å². The summed E-state index contributed by atoms with van der Waals surface area (Å²) in [5.74, 6) is 0. The molecule has 0 aromatic heterocycles. The summed E-state index contributed by atoms with van der Waals surface area (Å²) in [5, 5.41) is 3.95. The van der Waals surface area contributed by atoms with Crippen molar-refractivity contribution in [1.82, 2.24) is 0 Å². The summed E-state index contributed by atoms with van der Waals surface area (Å²) in [5.41, 5.74) is 5.04. The molecule has 0 nitrogen and oxygen atoms in total. The van der Waals surface area contributed by atoms with E-state index < -0.39 is 8.07 Å². The van der Waals surface area contributed by atoms with E-state index >= 15 is 0 Å². The lowest BCUT2D eigenvalue weighted by Gasteiger charge is -2.33. The van der Waals surface area contributed by atoms with Crippen molar-refractivity contribution in [3.63, 3.8) is 0 Å². The van der Waals surface area contributed by atoms with Crippen molar-refractivity contribution < 1.29 is 0 Å². The van der Waals surface area contributed by atoms with E-state index in [1.807, 2.05) is 0 Å². The highest BCUT2D eigenvalue weighted by Gasteiger charge is 2.37. The fourth-order valence-corrected chi connectivity index (χ4v) is 6.62. The first kappa shape index (κ1) is 15.9. The van der Waals surface area contributed by atoms with Gasteiger partial charge in [-0.3, -0.25) is 0 Å². The van der Waals surface area contributed by atoms with Crippen molar-refractivity contribution in [2.75, 3.05) is 0 Å². The molecule has 0 aliphatic rings. The van der Waals surface area contributed by atoms with Gasteiger partial charge in [0.2, 0.25) is 0 Å². The van der Waals surface area contributed by atoms with E-state index in [2.05, 4.69) is 65.0 Å². The number of thioether (sulfide) groups is 1. The predicted molar refractivity (Wildman–Crippen MR) is 81.5 cm³/mol. The zero-order valence-corrected chi connectivity index (χ0v) is 13.4. The van der Waals surface area contributed by atoms with Crippen molar-refractivity contribution in [2.24, 2.45) is 0 Å². The van der Waals surface area contributed by atoms with E-state index in [1.165, 1.54) is 0 Å². The largest absolute Gasteiger partial charge is 0.148 e. The molecule has 16 heavy (non-hydrogen) atoms. The Morgan fingerprint density at radius 1 is 1.12 bits per heavy atom. The van der Waals surface area contributed by atoms with Crippen LogP contribution in [0.1, 0.15) is 41.5 Å². The van der Waals surface area contributed by atoms with Crippen LogP contribution >= 0.6 is 11.8 Å². The van der Waals surface area contributed by atoms with Crippen LogP contribution in [0.25, 0.3) is 0 Å². The summed E-state index contributed by atoms with van der Waals surface area (Å²) in [6, 6.07) is 1.12. The molecule has 0 saturated carbocycles. The van der Waals surface area contributed by atoms with E-state index in [0.29, 0.717) is 16.3 Å². The van der Waals surface area contributed by atoms with Crippen molar-refractivity contribution in [1.29, 1.82) is 0 Å². The zero-order valence-electron chi connectivity index (χ0n) is 11.6. The van der Waals surface area contributed by atoms with Crippen LogP contribution in [-0.2, 0) is 0 Å². The Balaban J connectivity index is 5.00. The molecule has 0 heterocycles. The molecule has 0 radical (unpaired) electrons. The van der Waals surface area contributed by atoms with Crippen LogP contribution < -0.4 is 0 Å². The van der Waals surface area contributed by atoms with Gasteiger partial charge in [-0.05, 0) is 22.4 Å². The van der Waals surface area contributed by atoms with E-state index in [-0.39, 0.29) is 0 Å². The average molecular weight is 255 g/mol. The molecule has 0 fully saturated rings. The summed E-state index contributed by atoms with van der Waals surface area (Å²) in [4.78, 5) is 0. The van der Waals surface area contributed by atoms with Gasteiger partial charge in [-0.15, -0.1) is 12.1 Å². The molecule has 0 aliphatic carbocycles. The van der Waals surface area contributed by atoms with Gasteiger partial charge in [-0.25, -0.2) is 0 Å².